The maximum Gasteiger partial charge on any atom is 0.429 e. The molecule has 7 heteroatoms. The zero-order valence-corrected chi connectivity index (χ0v) is 9.89. The van der Waals surface area contributed by atoms with E-state index in [9.17, 15) is 14.4 Å². The monoisotopic (exact) mass is 244 g/mol. The zero-order chi connectivity index (χ0) is 12.8. The van der Waals surface area contributed by atoms with Crippen LogP contribution in [-0.4, -0.2) is 42.2 Å². The van der Waals surface area contributed by atoms with Gasteiger partial charge in [-0.1, -0.05) is 0 Å². The molecule has 1 rings (SSSR count). The number of hydrogen-bond acceptors (Lipinski definition) is 5. The Morgan fingerprint density at radius 1 is 1.35 bits per heavy atom. The van der Waals surface area contributed by atoms with Crippen LogP contribution in [0.2, 0.25) is 0 Å². The second kappa shape index (κ2) is 6.07. The Hall–Kier alpha value is -1.79. The van der Waals surface area contributed by atoms with Gasteiger partial charge in [0.2, 0.25) is 0 Å². The highest BCUT2D eigenvalue weighted by molar-refractivity contribution is 5.92. The quantitative estimate of drug-likeness (QED) is 0.743. The molecular formula is C10H16N2O5. The third-order valence-electron chi connectivity index (χ3n) is 2.30. The summed E-state index contributed by atoms with van der Waals surface area (Å²) in [6.45, 7) is 3.63. The highest BCUT2D eigenvalue weighted by Gasteiger charge is 2.38. The first-order chi connectivity index (χ1) is 8.10. The molecule has 1 atom stereocenters. The SMILES string of the molecule is CCOC(=O)NN(C(=O)OCC)C1CCC1=O. The van der Waals surface area contributed by atoms with Gasteiger partial charge in [-0.05, 0) is 20.3 Å². The molecule has 1 saturated carbocycles. The number of ketones is 1. The van der Waals surface area contributed by atoms with E-state index in [0.29, 0.717) is 12.8 Å². The van der Waals surface area contributed by atoms with Crippen molar-refractivity contribution in [2.75, 3.05) is 13.2 Å². The van der Waals surface area contributed by atoms with Crippen LogP contribution >= 0.6 is 0 Å². The number of carbonyl (C=O) groups is 3. The van der Waals surface area contributed by atoms with Crippen molar-refractivity contribution in [2.45, 2.75) is 32.7 Å². The summed E-state index contributed by atoms with van der Waals surface area (Å²) >= 11 is 0. The second-order valence-electron chi connectivity index (χ2n) is 3.42. The number of hydrazine groups is 1. The van der Waals surface area contributed by atoms with Crippen molar-refractivity contribution in [1.82, 2.24) is 10.4 Å². The largest absolute Gasteiger partial charge is 0.449 e. The van der Waals surface area contributed by atoms with Crippen LogP contribution in [0.5, 0.6) is 0 Å². The number of nitrogens with zero attached hydrogens (tertiary/aromatic N) is 1. The molecule has 0 aromatic rings. The number of ether oxygens (including phenoxy) is 2. The fraction of sp³-hybridized carbons (Fsp3) is 0.700. The first kappa shape index (κ1) is 13.3. The molecule has 0 aromatic carbocycles. The van der Waals surface area contributed by atoms with Crippen LogP contribution in [0.3, 0.4) is 0 Å². The van der Waals surface area contributed by atoms with Crippen LogP contribution in [0.4, 0.5) is 9.59 Å². The molecule has 0 saturated heterocycles. The molecule has 7 nitrogen and oxygen atoms in total. The third kappa shape index (κ3) is 3.33. The van der Waals surface area contributed by atoms with Crippen molar-refractivity contribution in [1.29, 1.82) is 0 Å². The number of hydrogen-bond donors (Lipinski definition) is 1. The maximum atomic E-state index is 11.5. The van der Waals surface area contributed by atoms with Gasteiger partial charge in [0.1, 0.15) is 6.04 Å². The van der Waals surface area contributed by atoms with E-state index in [1.807, 2.05) is 0 Å². The smallest absolute Gasteiger partial charge is 0.429 e. The maximum absolute atomic E-state index is 11.5. The van der Waals surface area contributed by atoms with E-state index in [0.717, 1.165) is 5.01 Å². The standard InChI is InChI=1S/C10H16N2O5/c1-3-16-9(14)11-12(10(15)17-4-2)7-5-6-8(7)13/h7H,3-6H2,1-2H3,(H,11,14). The number of nitrogens with one attached hydrogen (secondary N) is 1. The van der Waals surface area contributed by atoms with E-state index in [4.69, 9.17) is 4.74 Å². The Labute approximate surface area is 99.0 Å². The average molecular weight is 244 g/mol. The third-order valence-corrected chi connectivity index (χ3v) is 2.30. The summed E-state index contributed by atoms with van der Waals surface area (Å²) in [6, 6.07) is -0.640. The van der Waals surface area contributed by atoms with E-state index < -0.39 is 18.2 Å². The Morgan fingerprint density at radius 2 is 2.00 bits per heavy atom. The van der Waals surface area contributed by atoms with E-state index in [1.54, 1.807) is 13.8 Å². The molecule has 96 valence electrons. The molecular weight excluding hydrogens is 228 g/mol. The molecule has 1 aliphatic carbocycles. The zero-order valence-electron chi connectivity index (χ0n) is 9.89. The first-order valence-corrected chi connectivity index (χ1v) is 5.52. The Morgan fingerprint density at radius 3 is 2.41 bits per heavy atom. The van der Waals surface area contributed by atoms with E-state index in [2.05, 4.69) is 10.2 Å². The lowest BCUT2D eigenvalue weighted by atomic mass is 9.91. The van der Waals surface area contributed by atoms with Gasteiger partial charge in [-0.2, -0.15) is 0 Å². The van der Waals surface area contributed by atoms with Crippen LogP contribution in [0.15, 0.2) is 0 Å². The predicted octanol–water partition coefficient (Wildman–Crippen LogP) is 0.837. The van der Waals surface area contributed by atoms with Crippen molar-refractivity contribution in [3.8, 4) is 0 Å². The van der Waals surface area contributed by atoms with Gasteiger partial charge in [0, 0.05) is 6.42 Å². The normalized spacial score (nSPS) is 18.0. The summed E-state index contributed by atoms with van der Waals surface area (Å²) in [5.41, 5.74) is 2.21. The van der Waals surface area contributed by atoms with Gasteiger partial charge in [0.15, 0.2) is 5.78 Å². The number of Topliss-reactive ketones (excluding diaryl/α,β-unsaturated/α-hetero) is 1. The lowest BCUT2D eigenvalue weighted by Gasteiger charge is -2.34. The minimum absolute atomic E-state index is 0.102. The van der Waals surface area contributed by atoms with Crippen LogP contribution in [0.25, 0.3) is 0 Å². The van der Waals surface area contributed by atoms with E-state index in [-0.39, 0.29) is 19.0 Å². The number of amides is 2. The fourth-order valence-electron chi connectivity index (χ4n) is 1.37. The summed E-state index contributed by atoms with van der Waals surface area (Å²) in [4.78, 5) is 34.0. The summed E-state index contributed by atoms with van der Waals surface area (Å²) in [6.07, 6.45) is -0.603. The lowest BCUT2D eigenvalue weighted by molar-refractivity contribution is -0.131. The van der Waals surface area contributed by atoms with E-state index in [1.165, 1.54) is 0 Å². The Bertz CT molecular complexity index is 318. The summed E-state index contributed by atoms with van der Waals surface area (Å²) in [7, 11) is 0. The minimum atomic E-state index is -0.778. The summed E-state index contributed by atoms with van der Waals surface area (Å²) < 4.78 is 9.40. The highest BCUT2D eigenvalue weighted by atomic mass is 16.6. The molecule has 0 bridgehead atoms. The molecule has 1 N–H and O–H groups in total. The lowest BCUT2D eigenvalue weighted by Crippen LogP contribution is -2.58. The number of carbonyl (C=O) groups excluding carboxylic acids is 3. The van der Waals surface area contributed by atoms with Crippen molar-refractivity contribution in [3.63, 3.8) is 0 Å². The second-order valence-corrected chi connectivity index (χ2v) is 3.42. The molecule has 0 aliphatic heterocycles. The summed E-state index contributed by atoms with van der Waals surface area (Å²) in [5.74, 6) is -0.102. The van der Waals surface area contributed by atoms with Gasteiger partial charge in [0.25, 0.3) is 0 Å². The van der Waals surface area contributed by atoms with Gasteiger partial charge in [0.05, 0.1) is 13.2 Å². The first-order valence-electron chi connectivity index (χ1n) is 5.52. The van der Waals surface area contributed by atoms with Crippen LogP contribution in [0.1, 0.15) is 26.7 Å². The molecule has 2 amide bonds. The van der Waals surface area contributed by atoms with Crippen molar-refractivity contribution in [2.24, 2.45) is 0 Å². The van der Waals surface area contributed by atoms with Crippen LogP contribution < -0.4 is 5.43 Å². The molecule has 1 aliphatic rings. The molecule has 0 spiro atoms. The average Bonchev–Trinajstić information content (AvgIpc) is 2.26. The Kier molecular flexibility index (Phi) is 4.74. The van der Waals surface area contributed by atoms with Crippen LogP contribution in [-0.2, 0) is 14.3 Å². The molecule has 1 unspecified atom stereocenters. The number of rotatable bonds is 3. The Balaban J connectivity index is 2.61. The van der Waals surface area contributed by atoms with Crippen molar-refractivity contribution < 1.29 is 23.9 Å². The van der Waals surface area contributed by atoms with Gasteiger partial charge in [-0.15, -0.1) is 0 Å². The van der Waals surface area contributed by atoms with Gasteiger partial charge < -0.3 is 9.47 Å². The van der Waals surface area contributed by atoms with Crippen LogP contribution in [0, 0.1) is 0 Å². The topological polar surface area (TPSA) is 84.9 Å². The van der Waals surface area contributed by atoms with Gasteiger partial charge >= 0.3 is 12.2 Å². The van der Waals surface area contributed by atoms with E-state index >= 15 is 0 Å². The molecule has 0 radical (unpaired) electrons. The molecule has 0 aromatic heterocycles. The minimum Gasteiger partial charge on any atom is -0.449 e. The molecule has 17 heavy (non-hydrogen) atoms. The summed E-state index contributed by atoms with van der Waals surface area (Å²) in [5, 5.41) is 0.896. The van der Waals surface area contributed by atoms with Gasteiger partial charge in [-0.25, -0.2) is 20.0 Å². The fourth-order valence-corrected chi connectivity index (χ4v) is 1.37. The molecule has 0 heterocycles. The molecule has 1 fully saturated rings. The van der Waals surface area contributed by atoms with Crippen molar-refractivity contribution in [3.05, 3.63) is 0 Å². The predicted molar refractivity (Wildman–Crippen MR) is 57.0 cm³/mol. The highest BCUT2D eigenvalue weighted by Crippen LogP contribution is 2.20. The van der Waals surface area contributed by atoms with Crippen molar-refractivity contribution >= 4 is 18.0 Å². The van der Waals surface area contributed by atoms with Gasteiger partial charge in [-0.3, -0.25) is 4.79 Å².